The van der Waals surface area contributed by atoms with E-state index in [1.807, 2.05) is 48.7 Å². The standard InChI is InChI=1S/C19H26N4O.2ClH/c1-3-23(4-2)18-11-10-15(13-21-18)14-22-19(24)12-17(20)16-8-6-5-7-9-16;;/h5-11,13,17H,3-4,12,14,20H2,1-2H3,(H,22,24);2*1H. The van der Waals surface area contributed by atoms with Crippen LogP contribution in [0.25, 0.3) is 0 Å². The Kier molecular flexibility index (Phi) is 11.6. The lowest BCUT2D eigenvalue weighted by atomic mass is 10.0. The number of rotatable bonds is 8. The predicted octanol–water partition coefficient (Wildman–Crippen LogP) is 3.48. The van der Waals surface area contributed by atoms with Gasteiger partial charge >= 0.3 is 0 Å². The second-order valence-electron chi connectivity index (χ2n) is 5.69. The molecule has 144 valence electrons. The highest BCUT2D eigenvalue weighted by Gasteiger charge is 2.11. The molecule has 1 aromatic carbocycles. The lowest BCUT2D eigenvalue weighted by Crippen LogP contribution is -2.27. The molecule has 1 unspecified atom stereocenters. The van der Waals surface area contributed by atoms with Crippen LogP contribution in [0.5, 0.6) is 0 Å². The van der Waals surface area contributed by atoms with Crippen molar-refractivity contribution in [3.8, 4) is 0 Å². The largest absolute Gasteiger partial charge is 0.357 e. The third kappa shape index (κ3) is 7.20. The number of amides is 1. The van der Waals surface area contributed by atoms with Gasteiger partial charge in [-0.05, 0) is 31.0 Å². The summed E-state index contributed by atoms with van der Waals surface area (Å²) in [6, 6.07) is 13.4. The van der Waals surface area contributed by atoms with Gasteiger partial charge in [0.15, 0.2) is 0 Å². The second-order valence-corrected chi connectivity index (χ2v) is 5.69. The van der Waals surface area contributed by atoms with Crippen molar-refractivity contribution >= 4 is 36.5 Å². The molecule has 0 saturated heterocycles. The van der Waals surface area contributed by atoms with Gasteiger partial charge in [0.2, 0.25) is 5.91 Å². The third-order valence-corrected chi connectivity index (χ3v) is 4.02. The molecule has 1 amide bonds. The Balaban J connectivity index is 0.00000312. The van der Waals surface area contributed by atoms with Crippen molar-refractivity contribution in [2.24, 2.45) is 5.73 Å². The minimum atomic E-state index is -0.283. The SMILES string of the molecule is CCN(CC)c1ccc(CNC(=O)CC(N)c2ccccc2)cn1.Cl.Cl. The van der Waals surface area contributed by atoms with E-state index < -0.39 is 0 Å². The molecule has 2 aromatic rings. The van der Waals surface area contributed by atoms with Crippen LogP contribution in [-0.2, 0) is 11.3 Å². The Morgan fingerprint density at radius 1 is 1.12 bits per heavy atom. The van der Waals surface area contributed by atoms with E-state index in [9.17, 15) is 4.79 Å². The number of nitrogens with one attached hydrogen (secondary N) is 1. The predicted molar refractivity (Wildman–Crippen MR) is 112 cm³/mol. The van der Waals surface area contributed by atoms with E-state index in [-0.39, 0.29) is 43.2 Å². The number of hydrogen-bond donors (Lipinski definition) is 2. The highest BCUT2D eigenvalue weighted by molar-refractivity contribution is 5.85. The quantitative estimate of drug-likeness (QED) is 0.713. The van der Waals surface area contributed by atoms with Gasteiger partial charge in [0.1, 0.15) is 5.82 Å². The van der Waals surface area contributed by atoms with Crippen LogP contribution in [0, 0.1) is 0 Å². The highest BCUT2D eigenvalue weighted by atomic mass is 35.5. The molecule has 7 heteroatoms. The average Bonchev–Trinajstić information content (AvgIpc) is 2.63. The summed E-state index contributed by atoms with van der Waals surface area (Å²) in [6.45, 7) is 6.53. The van der Waals surface area contributed by atoms with E-state index in [0.717, 1.165) is 30.0 Å². The molecule has 2 rings (SSSR count). The van der Waals surface area contributed by atoms with E-state index in [0.29, 0.717) is 6.54 Å². The normalized spacial score (nSPS) is 10.9. The van der Waals surface area contributed by atoms with Gasteiger partial charge in [-0.1, -0.05) is 36.4 Å². The summed E-state index contributed by atoms with van der Waals surface area (Å²) < 4.78 is 0. The van der Waals surface area contributed by atoms with Gasteiger partial charge in [0.05, 0.1) is 0 Å². The van der Waals surface area contributed by atoms with E-state index in [4.69, 9.17) is 5.73 Å². The molecule has 0 bridgehead atoms. The summed E-state index contributed by atoms with van der Waals surface area (Å²) in [5.74, 6) is 0.903. The van der Waals surface area contributed by atoms with Gasteiger partial charge in [-0.3, -0.25) is 4.79 Å². The van der Waals surface area contributed by atoms with Crippen molar-refractivity contribution in [1.82, 2.24) is 10.3 Å². The van der Waals surface area contributed by atoms with Crippen LogP contribution in [0.15, 0.2) is 48.7 Å². The molecule has 3 N–H and O–H groups in total. The van der Waals surface area contributed by atoms with Gasteiger partial charge < -0.3 is 16.0 Å². The van der Waals surface area contributed by atoms with Crippen molar-refractivity contribution in [3.63, 3.8) is 0 Å². The van der Waals surface area contributed by atoms with Crippen molar-refractivity contribution in [3.05, 3.63) is 59.8 Å². The zero-order chi connectivity index (χ0) is 17.4. The molecule has 0 saturated carbocycles. The summed E-state index contributed by atoms with van der Waals surface area (Å²) in [5.41, 5.74) is 8.02. The maximum Gasteiger partial charge on any atom is 0.222 e. The minimum absolute atomic E-state index is 0. The molecule has 0 fully saturated rings. The van der Waals surface area contributed by atoms with Crippen molar-refractivity contribution in [2.75, 3.05) is 18.0 Å². The fraction of sp³-hybridized carbons (Fsp3) is 0.368. The van der Waals surface area contributed by atoms with Crippen LogP contribution in [0.1, 0.15) is 37.4 Å². The number of anilines is 1. The van der Waals surface area contributed by atoms with E-state index in [1.54, 1.807) is 0 Å². The Morgan fingerprint density at radius 3 is 2.31 bits per heavy atom. The highest BCUT2D eigenvalue weighted by Crippen LogP contribution is 2.13. The zero-order valence-corrected chi connectivity index (χ0v) is 16.9. The van der Waals surface area contributed by atoms with Crippen molar-refractivity contribution in [2.45, 2.75) is 32.9 Å². The molecule has 1 heterocycles. The first-order chi connectivity index (χ1) is 11.6. The minimum Gasteiger partial charge on any atom is -0.357 e. The average molecular weight is 399 g/mol. The molecule has 0 spiro atoms. The van der Waals surface area contributed by atoms with Crippen LogP contribution in [0.3, 0.4) is 0 Å². The Morgan fingerprint density at radius 2 is 1.77 bits per heavy atom. The molecule has 5 nitrogen and oxygen atoms in total. The van der Waals surface area contributed by atoms with E-state index in [2.05, 4.69) is 29.0 Å². The van der Waals surface area contributed by atoms with Gasteiger partial charge in [-0.2, -0.15) is 0 Å². The van der Waals surface area contributed by atoms with Crippen LogP contribution in [0.4, 0.5) is 5.82 Å². The van der Waals surface area contributed by atoms with E-state index >= 15 is 0 Å². The fourth-order valence-electron chi connectivity index (χ4n) is 2.55. The van der Waals surface area contributed by atoms with Gasteiger partial charge in [0, 0.05) is 38.3 Å². The summed E-state index contributed by atoms with van der Waals surface area (Å²) in [5, 5.41) is 2.90. The number of pyridine rings is 1. The first-order valence-corrected chi connectivity index (χ1v) is 8.41. The molecule has 26 heavy (non-hydrogen) atoms. The van der Waals surface area contributed by atoms with Gasteiger partial charge in [-0.25, -0.2) is 4.98 Å². The molecule has 0 aliphatic carbocycles. The summed E-state index contributed by atoms with van der Waals surface area (Å²) in [7, 11) is 0. The summed E-state index contributed by atoms with van der Waals surface area (Å²) in [6.07, 6.45) is 2.08. The number of carbonyl (C=O) groups is 1. The molecule has 0 radical (unpaired) electrons. The zero-order valence-electron chi connectivity index (χ0n) is 15.2. The first kappa shape index (κ1) is 24.2. The number of carbonyl (C=O) groups excluding carboxylic acids is 1. The monoisotopic (exact) mass is 398 g/mol. The fourth-order valence-corrected chi connectivity index (χ4v) is 2.55. The number of benzene rings is 1. The molecule has 0 aliphatic heterocycles. The number of aromatic nitrogens is 1. The van der Waals surface area contributed by atoms with Gasteiger partial charge in [0.25, 0.3) is 0 Å². The Labute approximate surface area is 168 Å². The Bertz CT molecular complexity index is 634. The summed E-state index contributed by atoms with van der Waals surface area (Å²) in [4.78, 5) is 18.7. The molecule has 1 atom stereocenters. The number of hydrogen-bond acceptors (Lipinski definition) is 4. The van der Waals surface area contributed by atoms with Crippen LogP contribution in [-0.4, -0.2) is 24.0 Å². The first-order valence-electron chi connectivity index (χ1n) is 8.41. The lowest BCUT2D eigenvalue weighted by molar-refractivity contribution is -0.121. The third-order valence-electron chi connectivity index (χ3n) is 4.02. The van der Waals surface area contributed by atoms with Crippen molar-refractivity contribution in [1.29, 1.82) is 0 Å². The molecule has 1 aromatic heterocycles. The smallest absolute Gasteiger partial charge is 0.222 e. The molecule has 0 aliphatic rings. The second kappa shape index (κ2) is 12.5. The lowest BCUT2D eigenvalue weighted by Gasteiger charge is -2.19. The number of nitrogens with zero attached hydrogens (tertiary/aromatic N) is 2. The maximum absolute atomic E-state index is 12.0. The Hall–Kier alpha value is -1.82. The number of halogens is 2. The maximum atomic E-state index is 12.0. The van der Waals surface area contributed by atoms with Gasteiger partial charge in [-0.15, -0.1) is 24.8 Å². The van der Waals surface area contributed by atoms with Crippen LogP contribution < -0.4 is 16.0 Å². The summed E-state index contributed by atoms with van der Waals surface area (Å²) >= 11 is 0. The van der Waals surface area contributed by atoms with E-state index in [1.165, 1.54) is 0 Å². The van der Waals surface area contributed by atoms with Crippen LogP contribution >= 0.6 is 24.8 Å². The van der Waals surface area contributed by atoms with Crippen LogP contribution in [0.2, 0.25) is 0 Å². The number of nitrogens with two attached hydrogens (primary N) is 1. The molecular formula is C19H28Cl2N4O. The topological polar surface area (TPSA) is 71.2 Å². The van der Waals surface area contributed by atoms with Crippen molar-refractivity contribution < 1.29 is 4.79 Å². The molecular weight excluding hydrogens is 371 g/mol.